The van der Waals surface area contributed by atoms with E-state index in [4.69, 9.17) is 10.2 Å². The standard InChI is InChI=1S/C11H13NO/c1-8(12)7-10-4-2-3-9-5-6-13-11(9)10/h2-6,8H,7,12H2,1H3/t8-/m1/s1. The fourth-order valence-corrected chi connectivity index (χ4v) is 1.56. The van der Waals surface area contributed by atoms with Crippen LogP contribution in [0.25, 0.3) is 11.0 Å². The van der Waals surface area contributed by atoms with Crippen LogP contribution in [-0.2, 0) is 6.42 Å². The highest BCUT2D eigenvalue weighted by Crippen LogP contribution is 2.20. The molecule has 0 fully saturated rings. The predicted molar refractivity (Wildman–Crippen MR) is 53.6 cm³/mol. The van der Waals surface area contributed by atoms with E-state index in [1.807, 2.05) is 25.1 Å². The lowest BCUT2D eigenvalue weighted by Crippen LogP contribution is -2.17. The number of para-hydroxylation sites is 1. The Balaban J connectivity index is 2.48. The minimum atomic E-state index is 0.177. The van der Waals surface area contributed by atoms with Crippen molar-refractivity contribution in [1.29, 1.82) is 0 Å². The van der Waals surface area contributed by atoms with Gasteiger partial charge in [-0.2, -0.15) is 0 Å². The van der Waals surface area contributed by atoms with Crippen molar-refractivity contribution in [3.63, 3.8) is 0 Å². The van der Waals surface area contributed by atoms with Gasteiger partial charge in [-0.15, -0.1) is 0 Å². The van der Waals surface area contributed by atoms with Crippen LogP contribution in [0.5, 0.6) is 0 Å². The minimum absolute atomic E-state index is 0.177. The molecule has 0 aliphatic carbocycles. The number of rotatable bonds is 2. The maximum Gasteiger partial charge on any atom is 0.137 e. The van der Waals surface area contributed by atoms with Crippen molar-refractivity contribution < 1.29 is 4.42 Å². The van der Waals surface area contributed by atoms with Crippen molar-refractivity contribution in [1.82, 2.24) is 0 Å². The molecule has 2 heteroatoms. The zero-order valence-electron chi connectivity index (χ0n) is 7.66. The van der Waals surface area contributed by atoms with Crippen molar-refractivity contribution >= 4 is 11.0 Å². The summed E-state index contributed by atoms with van der Waals surface area (Å²) in [5.41, 5.74) is 7.91. The van der Waals surface area contributed by atoms with Crippen LogP contribution in [0.15, 0.2) is 34.9 Å². The number of fused-ring (bicyclic) bond motifs is 1. The molecule has 0 radical (unpaired) electrons. The molecule has 0 saturated heterocycles. The van der Waals surface area contributed by atoms with Crippen molar-refractivity contribution in [2.45, 2.75) is 19.4 Å². The Morgan fingerprint density at radius 1 is 1.38 bits per heavy atom. The number of hydrogen-bond acceptors (Lipinski definition) is 2. The van der Waals surface area contributed by atoms with E-state index in [1.54, 1.807) is 6.26 Å². The molecular formula is C11H13NO. The Kier molecular flexibility index (Phi) is 2.07. The van der Waals surface area contributed by atoms with Crippen LogP contribution in [-0.4, -0.2) is 6.04 Å². The van der Waals surface area contributed by atoms with Crippen molar-refractivity contribution in [2.24, 2.45) is 5.73 Å². The van der Waals surface area contributed by atoms with Gasteiger partial charge in [0.15, 0.2) is 0 Å². The largest absolute Gasteiger partial charge is 0.464 e. The smallest absolute Gasteiger partial charge is 0.137 e. The van der Waals surface area contributed by atoms with Crippen LogP contribution >= 0.6 is 0 Å². The summed E-state index contributed by atoms with van der Waals surface area (Å²) in [6, 6.07) is 8.30. The fourth-order valence-electron chi connectivity index (χ4n) is 1.56. The third-order valence-electron chi connectivity index (χ3n) is 2.10. The van der Waals surface area contributed by atoms with E-state index in [2.05, 4.69) is 6.07 Å². The molecule has 0 amide bonds. The molecule has 0 spiro atoms. The maximum atomic E-state index is 5.74. The summed E-state index contributed by atoms with van der Waals surface area (Å²) < 4.78 is 5.39. The summed E-state index contributed by atoms with van der Waals surface area (Å²) in [4.78, 5) is 0. The van der Waals surface area contributed by atoms with Gasteiger partial charge in [-0.25, -0.2) is 0 Å². The van der Waals surface area contributed by atoms with Gasteiger partial charge in [0.2, 0.25) is 0 Å². The molecular weight excluding hydrogens is 162 g/mol. The Hall–Kier alpha value is -1.28. The van der Waals surface area contributed by atoms with Gasteiger partial charge >= 0.3 is 0 Å². The van der Waals surface area contributed by atoms with Gasteiger partial charge in [0, 0.05) is 11.4 Å². The van der Waals surface area contributed by atoms with E-state index in [0.29, 0.717) is 0 Å². The van der Waals surface area contributed by atoms with Gasteiger partial charge < -0.3 is 10.2 Å². The lowest BCUT2D eigenvalue weighted by atomic mass is 10.1. The zero-order chi connectivity index (χ0) is 9.26. The predicted octanol–water partition coefficient (Wildman–Crippen LogP) is 2.32. The van der Waals surface area contributed by atoms with Crippen molar-refractivity contribution in [2.75, 3.05) is 0 Å². The van der Waals surface area contributed by atoms with Crippen LogP contribution in [0.3, 0.4) is 0 Å². The first kappa shape index (κ1) is 8.32. The maximum absolute atomic E-state index is 5.74. The molecule has 1 aromatic carbocycles. The third kappa shape index (κ3) is 1.58. The van der Waals surface area contributed by atoms with E-state index in [9.17, 15) is 0 Å². The van der Waals surface area contributed by atoms with Crippen LogP contribution in [0, 0.1) is 0 Å². The van der Waals surface area contributed by atoms with Crippen molar-refractivity contribution in [3.05, 3.63) is 36.1 Å². The Labute approximate surface area is 77.3 Å². The van der Waals surface area contributed by atoms with E-state index < -0.39 is 0 Å². The third-order valence-corrected chi connectivity index (χ3v) is 2.10. The second-order valence-corrected chi connectivity index (χ2v) is 3.44. The average Bonchev–Trinajstić information content (AvgIpc) is 2.51. The molecule has 2 nitrogen and oxygen atoms in total. The monoisotopic (exact) mass is 175 g/mol. The Morgan fingerprint density at radius 2 is 2.23 bits per heavy atom. The first-order valence-corrected chi connectivity index (χ1v) is 4.48. The summed E-state index contributed by atoms with van der Waals surface area (Å²) in [6.07, 6.45) is 2.58. The Bertz CT molecular complexity index is 403. The normalized spacial score (nSPS) is 13.4. The highest BCUT2D eigenvalue weighted by molar-refractivity contribution is 5.80. The summed E-state index contributed by atoms with van der Waals surface area (Å²) in [5.74, 6) is 0. The lowest BCUT2D eigenvalue weighted by Gasteiger charge is -2.04. The topological polar surface area (TPSA) is 39.2 Å². The molecule has 2 rings (SSSR count). The highest BCUT2D eigenvalue weighted by Gasteiger charge is 2.05. The van der Waals surface area contributed by atoms with Gasteiger partial charge in [0.05, 0.1) is 6.26 Å². The van der Waals surface area contributed by atoms with E-state index in [1.165, 1.54) is 5.56 Å². The van der Waals surface area contributed by atoms with Crippen molar-refractivity contribution in [3.8, 4) is 0 Å². The second-order valence-electron chi connectivity index (χ2n) is 3.44. The van der Waals surface area contributed by atoms with E-state index in [-0.39, 0.29) is 6.04 Å². The van der Waals surface area contributed by atoms with Crippen LogP contribution in [0.4, 0.5) is 0 Å². The lowest BCUT2D eigenvalue weighted by molar-refractivity contribution is 0.606. The molecule has 0 bridgehead atoms. The summed E-state index contributed by atoms with van der Waals surface area (Å²) in [5, 5.41) is 1.15. The molecule has 0 aliphatic rings. The highest BCUT2D eigenvalue weighted by atomic mass is 16.3. The van der Waals surface area contributed by atoms with Gasteiger partial charge in [-0.3, -0.25) is 0 Å². The number of nitrogens with two attached hydrogens (primary N) is 1. The van der Waals surface area contributed by atoms with Crippen LogP contribution < -0.4 is 5.73 Å². The molecule has 1 aromatic heterocycles. The zero-order valence-corrected chi connectivity index (χ0v) is 7.66. The molecule has 1 atom stereocenters. The fraction of sp³-hybridized carbons (Fsp3) is 0.273. The molecule has 0 unspecified atom stereocenters. The number of hydrogen-bond donors (Lipinski definition) is 1. The number of furan rings is 1. The first-order chi connectivity index (χ1) is 6.27. The summed E-state index contributed by atoms with van der Waals surface area (Å²) in [6.45, 7) is 2.00. The molecule has 13 heavy (non-hydrogen) atoms. The summed E-state index contributed by atoms with van der Waals surface area (Å²) in [7, 11) is 0. The van der Waals surface area contributed by atoms with Crippen LogP contribution in [0.2, 0.25) is 0 Å². The SMILES string of the molecule is C[C@@H](N)Cc1cccc2ccoc12. The van der Waals surface area contributed by atoms with E-state index >= 15 is 0 Å². The molecule has 0 saturated carbocycles. The second kappa shape index (κ2) is 3.23. The summed E-state index contributed by atoms with van der Waals surface area (Å²) >= 11 is 0. The minimum Gasteiger partial charge on any atom is -0.464 e. The average molecular weight is 175 g/mol. The first-order valence-electron chi connectivity index (χ1n) is 4.48. The number of benzene rings is 1. The Morgan fingerprint density at radius 3 is 3.00 bits per heavy atom. The van der Waals surface area contributed by atoms with Gasteiger partial charge in [-0.1, -0.05) is 18.2 Å². The molecule has 1 heterocycles. The molecule has 68 valence electrons. The van der Waals surface area contributed by atoms with E-state index in [0.717, 1.165) is 17.4 Å². The van der Waals surface area contributed by atoms with Crippen LogP contribution in [0.1, 0.15) is 12.5 Å². The van der Waals surface area contributed by atoms with Gasteiger partial charge in [-0.05, 0) is 25.0 Å². The molecule has 0 aliphatic heterocycles. The van der Waals surface area contributed by atoms with Gasteiger partial charge in [0.1, 0.15) is 5.58 Å². The molecule has 2 aromatic rings. The molecule has 2 N–H and O–H groups in total. The quantitative estimate of drug-likeness (QED) is 0.760. The van der Waals surface area contributed by atoms with Gasteiger partial charge in [0.25, 0.3) is 0 Å².